The number of fused-ring (bicyclic) bond motifs is 9. The quantitative estimate of drug-likeness (QED) is 0.137. The van der Waals surface area contributed by atoms with Crippen LogP contribution in [-0.2, 0) is 11.8 Å². The fourth-order valence-electron chi connectivity index (χ4n) is 6.55. The summed E-state index contributed by atoms with van der Waals surface area (Å²) in [5, 5.41) is 0. The van der Waals surface area contributed by atoms with E-state index in [1.165, 1.54) is 45.9 Å². The highest BCUT2D eigenvalue weighted by Gasteiger charge is 2.49. The van der Waals surface area contributed by atoms with Gasteiger partial charge in [0.2, 0.25) is 0 Å². The molecular formula is C36H26O4. The second kappa shape index (κ2) is 9.06. The normalized spacial score (nSPS) is 13.6. The lowest BCUT2D eigenvalue weighted by atomic mass is 9.61. The van der Waals surface area contributed by atoms with Crippen molar-refractivity contribution in [2.75, 3.05) is 7.11 Å². The van der Waals surface area contributed by atoms with Gasteiger partial charge >= 0.3 is 5.97 Å². The summed E-state index contributed by atoms with van der Waals surface area (Å²) < 4.78 is 11.5. The molecule has 0 atom stereocenters. The van der Waals surface area contributed by atoms with E-state index in [0.29, 0.717) is 23.3 Å². The van der Waals surface area contributed by atoms with Crippen molar-refractivity contribution in [1.29, 1.82) is 0 Å². The molecule has 2 aliphatic carbocycles. The van der Waals surface area contributed by atoms with Gasteiger partial charge in [0.15, 0.2) is 5.78 Å². The Hall–Kier alpha value is -4.96. The first-order chi connectivity index (χ1) is 19.5. The lowest BCUT2D eigenvalue weighted by molar-refractivity contribution is 0.0734. The molecule has 0 radical (unpaired) electrons. The molecule has 0 N–H and O–H groups in total. The van der Waals surface area contributed by atoms with Gasteiger partial charge < -0.3 is 9.47 Å². The van der Waals surface area contributed by atoms with Crippen molar-refractivity contribution in [2.45, 2.75) is 18.8 Å². The first-order valence-electron chi connectivity index (χ1n) is 13.3. The van der Waals surface area contributed by atoms with Crippen LogP contribution in [0.1, 0.15) is 61.0 Å². The average Bonchev–Trinajstić information content (AvgIpc) is 3.28. The summed E-state index contributed by atoms with van der Waals surface area (Å²) in [6, 6.07) is 36.2. The highest BCUT2D eigenvalue weighted by atomic mass is 16.5. The van der Waals surface area contributed by atoms with Crippen molar-refractivity contribution in [2.24, 2.45) is 0 Å². The molecule has 0 aliphatic heterocycles. The van der Waals surface area contributed by atoms with Crippen molar-refractivity contribution in [3.63, 3.8) is 0 Å². The summed E-state index contributed by atoms with van der Waals surface area (Å²) in [5.74, 6) is 0.690. The van der Waals surface area contributed by atoms with Crippen molar-refractivity contribution < 1.29 is 19.1 Å². The van der Waals surface area contributed by atoms with Crippen LogP contribution in [0.2, 0.25) is 0 Å². The van der Waals surface area contributed by atoms with E-state index < -0.39 is 11.4 Å². The minimum Gasteiger partial charge on any atom is -0.497 e. The maximum Gasteiger partial charge on any atom is 0.343 e. The van der Waals surface area contributed by atoms with Crippen LogP contribution in [-0.4, -0.2) is 18.9 Å². The van der Waals surface area contributed by atoms with Crippen LogP contribution < -0.4 is 9.47 Å². The van der Waals surface area contributed by atoms with E-state index in [2.05, 4.69) is 66.7 Å². The molecule has 0 saturated heterocycles. The number of benzene rings is 5. The standard InChI is InChI=1S/C36H26O4/c1-22(37)23-8-7-9-24(18-23)35(38)40-28-15-17-32-26(21-28)19-25-20-27(39-2)14-16-31(25)36(32)33-12-5-3-10-29(33)30-11-4-6-13-34(30)36/h3-18,20-21H,19H2,1-2H3. The molecule has 5 aromatic carbocycles. The van der Waals surface area contributed by atoms with Crippen LogP contribution in [0, 0.1) is 0 Å². The van der Waals surface area contributed by atoms with Gasteiger partial charge in [-0.1, -0.05) is 72.8 Å². The molecule has 7 rings (SSSR count). The van der Waals surface area contributed by atoms with E-state index in [9.17, 15) is 9.59 Å². The summed E-state index contributed by atoms with van der Waals surface area (Å²) in [6.07, 6.45) is 0.680. The van der Waals surface area contributed by atoms with E-state index >= 15 is 0 Å². The Kier molecular flexibility index (Phi) is 5.46. The SMILES string of the molecule is COc1ccc2c(c1)Cc1cc(OC(=O)c3cccc(C(C)=O)c3)ccc1C21c2ccccc2-c2ccccc21. The van der Waals surface area contributed by atoms with Gasteiger partial charge in [-0.2, -0.15) is 0 Å². The van der Waals surface area contributed by atoms with Crippen molar-refractivity contribution in [1.82, 2.24) is 0 Å². The second-order valence-electron chi connectivity index (χ2n) is 10.4. The number of hydrogen-bond donors (Lipinski definition) is 0. The van der Waals surface area contributed by atoms with Crippen LogP contribution in [0.4, 0.5) is 0 Å². The number of carbonyl (C=O) groups is 2. The largest absolute Gasteiger partial charge is 0.497 e. The van der Waals surface area contributed by atoms with Crippen LogP contribution in [0.25, 0.3) is 11.1 Å². The molecule has 0 amide bonds. The van der Waals surface area contributed by atoms with Crippen molar-refractivity contribution in [3.05, 3.63) is 154 Å². The van der Waals surface area contributed by atoms with E-state index in [4.69, 9.17) is 9.47 Å². The van der Waals surface area contributed by atoms with Gasteiger partial charge in [0.05, 0.1) is 18.1 Å². The molecule has 0 heterocycles. The molecule has 1 spiro atoms. The number of carbonyl (C=O) groups excluding carboxylic acids is 2. The lowest BCUT2D eigenvalue weighted by Gasteiger charge is -2.40. The van der Waals surface area contributed by atoms with E-state index in [1.807, 2.05) is 18.2 Å². The number of Topliss-reactive ketones (excluding diaryl/α,β-unsaturated/α-hetero) is 1. The molecule has 2 aliphatic rings. The Labute approximate surface area is 232 Å². The highest BCUT2D eigenvalue weighted by Crippen LogP contribution is 2.59. The lowest BCUT2D eigenvalue weighted by Crippen LogP contribution is -2.34. The topological polar surface area (TPSA) is 52.6 Å². The Bertz CT molecular complexity index is 1800. The minimum absolute atomic E-state index is 0.0973. The molecule has 194 valence electrons. The maximum absolute atomic E-state index is 13.1. The van der Waals surface area contributed by atoms with Crippen LogP contribution in [0.15, 0.2) is 109 Å². The van der Waals surface area contributed by atoms with Crippen LogP contribution >= 0.6 is 0 Å². The molecule has 0 fully saturated rings. The Morgan fingerprint density at radius 1 is 0.625 bits per heavy atom. The highest BCUT2D eigenvalue weighted by molar-refractivity contribution is 5.98. The zero-order valence-electron chi connectivity index (χ0n) is 22.2. The van der Waals surface area contributed by atoms with Gasteiger partial charge in [-0.3, -0.25) is 4.79 Å². The number of methoxy groups -OCH3 is 1. The fourth-order valence-corrected chi connectivity index (χ4v) is 6.55. The summed E-state index contributed by atoms with van der Waals surface area (Å²) in [6.45, 7) is 1.48. The third-order valence-electron chi connectivity index (χ3n) is 8.25. The van der Waals surface area contributed by atoms with Gasteiger partial charge in [0.1, 0.15) is 11.5 Å². The van der Waals surface area contributed by atoms with Gasteiger partial charge in [0, 0.05) is 5.56 Å². The first-order valence-corrected chi connectivity index (χ1v) is 13.3. The summed E-state index contributed by atoms with van der Waals surface area (Å²) >= 11 is 0. The molecule has 4 heteroatoms. The predicted molar refractivity (Wildman–Crippen MR) is 155 cm³/mol. The summed E-state index contributed by atoms with van der Waals surface area (Å²) in [5.41, 5.74) is 9.96. The predicted octanol–water partition coefficient (Wildman–Crippen LogP) is 7.38. The van der Waals surface area contributed by atoms with Crippen molar-refractivity contribution in [3.8, 4) is 22.6 Å². The molecule has 0 unspecified atom stereocenters. The van der Waals surface area contributed by atoms with E-state index in [1.54, 1.807) is 31.4 Å². The fraction of sp³-hybridized carbons (Fsp3) is 0.111. The molecule has 5 aromatic rings. The first kappa shape index (κ1) is 24.1. The number of ether oxygens (including phenoxy) is 2. The Morgan fingerprint density at radius 3 is 1.82 bits per heavy atom. The molecular weight excluding hydrogens is 496 g/mol. The number of esters is 1. The Morgan fingerprint density at radius 2 is 1.20 bits per heavy atom. The average molecular weight is 523 g/mol. The third kappa shape index (κ3) is 3.46. The van der Waals surface area contributed by atoms with Gasteiger partial charge in [-0.15, -0.1) is 0 Å². The van der Waals surface area contributed by atoms with Gasteiger partial charge in [0.25, 0.3) is 0 Å². The minimum atomic E-state index is -0.499. The zero-order valence-corrected chi connectivity index (χ0v) is 22.2. The van der Waals surface area contributed by atoms with E-state index in [-0.39, 0.29) is 5.78 Å². The number of hydrogen-bond acceptors (Lipinski definition) is 4. The van der Waals surface area contributed by atoms with Gasteiger partial charge in [-0.25, -0.2) is 4.79 Å². The zero-order chi connectivity index (χ0) is 27.4. The summed E-state index contributed by atoms with van der Waals surface area (Å²) in [4.78, 5) is 24.9. The summed E-state index contributed by atoms with van der Waals surface area (Å²) in [7, 11) is 1.69. The van der Waals surface area contributed by atoms with Gasteiger partial charge in [-0.05, 0) is 94.3 Å². The van der Waals surface area contributed by atoms with E-state index in [0.717, 1.165) is 11.3 Å². The molecule has 0 bridgehead atoms. The monoisotopic (exact) mass is 522 g/mol. The molecule has 40 heavy (non-hydrogen) atoms. The Balaban J connectivity index is 1.40. The molecule has 4 nitrogen and oxygen atoms in total. The van der Waals surface area contributed by atoms with Crippen LogP contribution in [0.5, 0.6) is 11.5 Å². The van der Waals surface area contributed by atoms with Crippen LogP contribution in [0.3, 0.4) is 0 Å². The number of rotatable bonds is 4. The number of ketones is 1. The van der Waals surface area contributed by atoms with Crippen molar-refractivity contribution >= 4 is 11.8 Å². The molecule has 0 aromatic heterocycles. The second-order valence-corrected chi connectivity index (χ2v) is 10.4. The smallest absolute Gasteiger partial charge is 0.343 e. The third-order valence-corrected chi connectivity index (χ3v) is 8.25. The maximum atomic E-state index is 13.1. The molecule has 0 saturated carbocycles.